The van der Waals surface area contributed by atoms with Crippen molar-refractivity contribution in [2.24, 2.45) is 0 Å². The molecule has 0 atom stereocenters. The summed E-state index contributed by atoms with van der Waals surface area (Å²) in [6.07, 6.45) is 0. The van der Waals surface area contributed by atoms with Gasteiger partial charge in [-0.3, -0.25) is 4.79 Å². The molecule has 0 aliphatic carbocycles. The van der Waals surface area contributed by atoms with Crippen LogP contribution in [0.15, 0.2) is 36.4 Å². The first-order valence-corrected chi connectivity index (χ1v) is 7.53. The Balaban J connectivity index is 1.67. The van der Waals surface area contributed by atoms with E-state index >= 15 is 0 Å². The van der Waals surface area contributed by atoms with Crippen molar-refractivity contribution in [2.45, 2.75) is 6.92 Å². The molecule has 0 bridgehead atoms. The maximum absolute atomic E-state index is 12.7. The zero-order valence-electron chi connectivity index (χ0n) is 13.3. The molecular weight excluding hydrogens is 308 g/mol. The van der Waals surface area contributed by atoms with Crippen LogP contribution in [0.3, 0.4) is 0 Å². The molecule has 1 aromatic heterocycles. The predicted octanol–water partition coefficient (Wildman–Crippen LogP) is 3.47. The number of aromatic amines is 1. The molecule has 0 saturated heterocycles. The van der Waals surface area contributed by atoms with Crippen LogP contribution < -0.4 is 19.5 Å². The summed E-state index contributed by atoms with van der Waals surface area (Å²) < 4.78 is 15.8. The lowest BCUT2D eigenvalue weighted by Gasteiger charge is -2.07. The second-order valence-corrected chi connectivity index (χ2v) is 5.56. The van der Waals surface area contributed by atoms with E-state index in [9.17, 15) is 4.79 Å². The minimum atomic E-state index is -0.178. The van der Waals surface area contributed by atoms with Gasteiger partial charge in [-0.2, -0.15) is 0 Å². The van der Waals surface area contributed by atoms with Gasteiger partial charge >= 0.3 is 0 Å². The second-order valence-electron chi connectivity index (χ2n) is 5.56. The Morgan fingerprint density at radius 1 is 1.17 bits per heavy atom. The third kappa shape index (κ3) is 2.32. The summed E-state index contributed by atoms with van der Waals surface area (Å²) in [6.45, 7) is 2.08. The number of methoxy groups -OCH3 is 1. The van der Waals surface area contributed by atoms with Crippen molar-refractivity contribution in [3.63, 3.8) is 0 Å². The molecule has 0 radical (unpaired) electrons. The number of hydrogen-bond acceptors (Lipinski definition) is 4. The summed E-state index contributed by atoms with van der Waals surface area (Å²) in [7, 11) is 1.62. The van der Waals surface area contributed by atoms with E-state index in [1.807, 2.05) is 25.1 Å². The van der Waals surface area contributed by atoms with Crippen molar-refractivity contribution in [3.8, 4) is 17.2 Å². The minimum absolute atomic E-state index is 0.178. The molecule has 0 fully saturated rings. The quantitative estimate of drug-likeness (QED) is 0.774. The van der Waals surface area contributed by atoms with Gasteiger partial charge in [-0.1, -0.05) is 0 Å². The molecule has 0 spiro atoms. The first-order chi connectivity index (χ1) is 11.7. The molecule has 2 aromatic carbocycles. The maximum Gasteiger partial charge on any atom is 0.258 e. The van der Waals surface area contributed by atoms with Gasteiger partial charge in [0.2, 0.25) is 6.79 Å². The molecule has 122 valence electrons. The van der Waals surface area contributed by atoms with Gasteiger partial charge in [0, 0.05) is 28.9 Å². The highest BCUT2D eigenvalue weighted by Crippen LogP contribution is 2.34. The van der Waals surface area contributed by atoms with Gasteiger partial charge in [0.15, 0.2) is 11.5 Å². The van der Waals surface area contributed by atoms with Crippen LogP contribution in [0.4, 0.5) is 5.69 Å². The number of fused-ring (bicyclic) bond motifs is 2. The fraction of sp³-hybridized carbons (Fsp3) is 0.167. The molecule has 24 heavy (non-hydrogen) atoms. The van der Waals surface area contributed by atoms with E-state index in [1.165, 1.54) is 0 Å². The minimum Gasteiger partial charge on any atom is -0.497 e. The number of carbonyl (C=O) groups excluding carboxylic acids is 1. The highest BCUT2D eigenvalue weighted by atomic mass is 16.7. The van der Waals surface area contributed by atoms with Crippen molar-refractivity contribution in [1.29, 1.82) is 0 Å². The highest BCUT2D eigenvalue weighted by Gasteiger charge is 2.18. The molecule has 1 aliphatic rings. The zero-order valence-corrected chi connectivity index (χ0v) is 13.3. The number of aromatic nitrogens is 1. The third-order valence-corrected chi connectivity index (χ3v) is 4.05. The normalized spacial score (nSPS) is 12.4. The molecule has 3 aromatic rings. The largest absolute Gasteiger partial charge is 0.497 e. The van der Waals surface area contributed by atoms with Crippen LogP contribution in [-0.4, -0.2) is 24.8 Å². The Morgan fingerprint density at radius 3 is 2.83 bits per heavy atom. The summed E-state index contributed by atoms with van der Waals surface area (Å²) >= 11 is 0. The maximum atomic E-state index is 12.7. The van der Waals surface area contributed by atoms with Crippen LogP contribution in [0, 0.1) is 6.92 Å². The average Bonchev–Trinajstić information content (AvgIpc) is 3.16. The monoisotopic (exact) mass is 324 g/mol. The highest BCUT2D eigenvalue weighted by molar-refractivity contribution is 6.14. The second kappa shape index (κ2) is 5.49. The van der Waals surface area contributed by atoms with Crippen molar-refractivity contribution in [1.82, 2.24) is 4.98 Å². The molecule has 0 saturated carbocycles. The van der Waals surface area contributed by atoms with Crippen LogP contribution >= 0.6 is 0 Å². The number of hydrogen-bond donors (Lipinski definition) is 2. The van der Waals surface area contributed by atoms with Crippen LogP contribution in [0.25, 0.3) is 10.9 Å². The lowest BCUT2D eigenvalue weighted by Crippen LogP contribution is -2.12. The van der Waals surface area contributed by atoms with Gasteiger partial charge in [0.05, 0.1) is 18.2 Å². The number of nitrogens with one attached hydrogen (secondary N) is 2. The van der Waals surface area contributed by atoms with Gasteiger partial charge < -0.3 is 24.5 Å². The van der Waals surface area contributed by atoms with E-state index in [0.717, 1.165) is 22.3 Å². The molecule has 1 amide bonds. The summed E-state index contributed by atoms with van der Waals surface area (Å²) in [5.74, 6) is 1.88. The van der Waals surface area contributed by atoms with Crippen LogP contribution in [-0.2, 0) is 0 Å². The zero-order chi connectivity index (χ0) is 16.7. The number of H-pyrrole nitrogens is 1. The van der Waals surface area contributed by atoms with Gasteiger partial charge in [0.25, 0.3) is 5.91 Å². The van der Waals surface area contributed by atoms with E-state index in [4.69, 9.17) is 14.2 Å². The fourth-order valence-corrected chi connectivity index (χ4v) is 2.90. The number of carbonyl (C=O) groups is 1. The van der Waals surface area contributed by atoms with E-state index < -0.39 is 0 Å². The lowest BCUT2D eigenvalue weighted by atomic mass is 10.1. The first-order valence-electron chi connectivity index (χ1n) is 7.53. The average molecular weight is 324 g/mol. The van der Waals surface area contributed by atoms with Crippen LogP contribution in [0.1, 0.15) is 16.1 Å². The molecule has 1 aliphatic heterocycles. The summed E-state index contributed by atoms with van der Waals surface area (Å²) in [4.78, 5) is 16.0. The Hall–Kier alpha value is -3.15. The van der Waals surface area contributed by atoms with Gasteiger partial charge in [0.1, 0.15) is 5.75 Å². The van der Waals surface area contributed by atoms with Crippen LogP contribution in [0.2, 0.25) is 0 Å². The van der Waals surface area contributed by atoms with E-state index in [0.29, 0.717) is 22.7 Å². The predicted molar refractivity (Wildman–Crippen MR) is 90.1 cm³/mol. The van der Waals surface area contributed by atoms with Crippen molar-refractivity contribution in [3.05, 3.63) is 47.7 Å². The topological polar surface area (TPSA) is 72.6 Å². The molecule has 0 unspecified atom stereocenters. The standard InChI is InChI=1S/C18H16N2O4/c1-10-17(13-5-4-12(22-2)8-14(13)19-10)18(21)20-11-3-6-15-16(7-11)24-9-23-15/h3-8,19H,9H2,1-2H3,(H,20,21). The van der Waals surface area contributed by atoms with Gasteiger partial charge in [-0.25, -0.2) is 0 Å². The Kier molecular flexibility index (Phi) is 3.30. The van der Waals surface area contributed by atoms with Crippen molar-refractivity contribution < 1.29 is 19.0 Å². The number of benzene rings is 2. The number of ether oxygens (including phenoxy) is 3. The van der Waals surface area contributed by atoms with Crippen molar-refractivity contribution >= 4 is 22.5 Å². The summed E-state index contributed by atoms with van der Waals surface area (Å²) in [5, 5.41) is 3.76. The third-order valence-electron chi connectivity index (χ3n) is 4.05. The molecule has 2 N–H and O–H groups in total. The van der Waals surface area contributed by atoms with E-state index in [1.54, 1.807) is 25.3 Å². The van der Waals surface area contributed by atoms with Crippen LogP contribution in [0.5, 0.6) is 17.2 Å². The Morgan fingerprint density at radius 2 is 2.00 bits per heavy atom. The SMILES string of the molecule is COc1ccc2c(C(=O)Nc3ccc4c(c3)OCO4)c(C)[nH]c2c1. The van der Waals surface area contributed by atoms with E-state index in [-0.39, 0.29) is 12.7 Å². The smallest absolute Gasteiger partial charge is 0.258 e. The molecule has 6 nitrogen and oxygen atoms in total. The number of anilines is 1. The first kappa shape index (κ1) is 14.4. The molecule has 4 rings (SSSR count). The summed E-state index contributed by atoms with van der Waals surface area (Å²) in [6, 6.07) is 10.9. The fourth-order valence-electron chi connectivity index (χ4n) is 2.90. The Bertz CT molecular complexity index is 946. The lowest BCUT2D eigenvalue weighted by molar-refractivity contribution is 0.102. The molecule has 2 heterocycles. The Labute approximate surface area is 138 Å². The number of aryl methyl sites for hydroxylation is 1. The molecular formula is C18H16N2O4. The molecule has 6 heteroatoms. The number of amides is 1. The summed E-state index contributed by atoms with van der Waals surface area (Å²) in [5.41, 5.74) is 2.94. The number of rotatable bonds is 3. The van der Waals surface area contributed by atoms with Crippen molar-refractivity contribution in [2.75, 3.05) is 19.2 Å². The van der Waals surface area contributed by atoms with Gasteiger partial charge in [-0.15, -0.1) is 0 Å². The van der Waals surface area contributed by atoms with E-state index in [2.05, 4.69) is 10.3 Å². The van der Waals surface area contributed by atoms with Gasteiger partial charge in [-0.05, 0) is 31.2 Å².